The molecule has 0 aromatic carbocycles. The third-order valence-electron chi connectivity index (χ3n) is 3.49. The van der Waals surface area contributed by atoms with Crippen molar-refractivity contribution in [3.63, 3.8) is 0 Å². The minimum Gasteiger partial charge on any atom is -0.468 e. The van der Waals surface area contributed by atoms with Gasteiger partial charge in [0.05, 0.1) is 7.11 Å². The van der Waals surface area contributed by atoms with E-state index in [4.69, 9.17) is 0 Å². The fraction of sp³-hybridized carbons (Fsp3) is 0.800. The van der Waals surface area contributed by atoms with E-state index in [9.17, 15) is 9.82 Å². The molecule has 0 atom stereocenters. The van der Waals surface area contributed by atoms with Gasteiger partial charge in [0.15, 0.2) is 5.82 Å². The van der Waals surface area contributed by atoms with Crippen molar-refractivity contribution >= 4 is 13.0 Å². The molecule has 0 radical (unpaired) electrons. The highest BCUT2D eigenvalue weighted by atomic mass is 16.5. The van der Waals surface area contributed by atoms with E-state index in [2.05, 4.69) is 20.3 Å². The van der Waals surface area contributed by atoms with Crippen LogP contribution >= 0.6 is 0 Å². The minimum atomic E-state index is -0.424. The Labute approximate surface area is 111 Å². The number of nitrogens with zero attached hydrogens (tertiary/aromatic N) is 5. The van der Waals surface area contributed by atoms with Crippen LogP contribution in [0.25, 0.3) is 0 Å². The molecular formula is C10H18BN5O3. The number of methoxy groups -OCH3 is 1. The van der Waals surface area contributed by atoms with Crippen LogP contribution in [0, 0.1) is 0 Å². The summed E-state index contributed by atoms with van der Waals surface area (Å²) in [5.74, 6) is 0.570. The summed E-state index contributed by atoms with van der Waals surface area (Å²) in [5.41, 5.74) is 0. The predicted octanol–water partition coefficient (Wildman–Crippen LogP) is -0.864. The monoisotopic (exact) mass is 267 g/mol. The fourth-order valence-electron chi connectivity index (χ4n) is 2.33. The van der Waals surface area contributed by atoms with Gasteiger partial charge in [0.2, 0.25) is 0 Å². The molecule has 0 bridgehead atoms. The van der Waals surface area contributed by atoms with E-state index in [1.165, 1.54) is 11.8 Å². The summed E-state index contributed by atoms with van der Waals surface area (Å²) in [7, 11) is 0.917. The number of rotatable bonds is 4. The maximum absolute atomic E-state index is 11.3. The number of esters is 1. The molecule has 0 amide bonds. The van der Waals surface area contributed by atoms with Gasteiger partial charge >= 0.3 is 13.0 Å². The second kappa shape index (κ2) is 6.11. The van der Waals surface area contributed by atoms with Crippen molar-refractivity contribution in [1.29, 1.82) is 0 Å². The summed E-state index contributed by atoms with van der Waals surface area (Å²) in [6.07, 6.45) is 1.74. The molecule has 0 spiro atoms. The van der Waals surface area contributed by atoms with Crippen molar-refractivity contribution in [1.82, 2.24) is 25.0 Å². The number of ether oxygens (including phenoxy) is 1. The Morgan fingerprint density at radius 3 is 2.79 bits per heavy atom. The van der Waals surface area contributed by atoms with Gasteiger partial charge in [0.1, 0.15) is 6.54 Å². The third kappa shape index (κ3) is 3.30. The fourth-order valence-corrected chi connectivity index (χ4v) is 2.33. The number of aromatic nitrogens is 4. The van der Waals surface area contributed by atoms with Crippen LogP contribution in [0.4, 0.5) is 0 Å². The zero-order valence-electron chi connectivity index (χ0n) is 11.2. The summed E-state index contributed by atoms with van der Waals surface area (Å²) >= 11 is 0. The van der Waals surface area contributed by atoms with Crippen LogP contribution < -0.4 is 0 Å². The highest BCUT2D eigenvalue weighted by Gasteiger charge is 2.28. The quantitative estimate of drug-likeness (QED) is 0.560. The van der Waals surface area contributed by atoms with Crippen LogP contribution in [0.5, 0.6) is 0 Å². The van der Waals surface area contributed by atoms with Crippen molar-refractivity contribution < 1.29 is 14.6 Å². The zero-order chi connectivity index (χ0) is 13.8. The molecule has 0 aliphatic carbocycles. The maximum Gasteiger partial charge on any atom is 0.376 e. The Balaban J connectivity index is 2.00. The van der Waals surface area contributed by atoms with E-state index in [-0.39, 0.29) is 18.4 Å². The summed E-state index contributed by atoms with van der Waals surface area (Å²) in [6.45, 7) is 3.40. The Bertz CT molecular complexity index is 431. The van der Waals surface area contributed by atoms with Gasteiger partial charge in [0, 0.05) is 5.92 Å². The number of piperidine rings is 1. The number of hydrogen-bond acceptors (Lipinski definition) is 7. The zero-order valence-corrected chi connectivity index (χ0v) is 11.2. The Kier molecular flexibility index (Phi) is 4.49. The first-order valence-corrected chi connectivity index (χ1v) is 6.36. The number of carbonyl (C=O) groups is 1. The largest absolute Gasteiger partial charge is 0.468 e. The predicted molar refractivity (Wildman–Crippen MR) is 67.2 cm³/mol. The molecular weight excluding hydrogens is 249 g/mol. The van der Waals surface area contributed by atoms with Gasteiger partial charge in [-0.15, -0.1) is 5.10 Å². The first-order valence-electron chi connectivity index (χ1n) is 6.36. The van der Waals surface area contributed by atoms with Gasteiger partial charge in [0.25, 0.3) is 0 Å². The van der Waals surface area contributed by atoms with Crippen molar-refractivity contribution in [2.45, 2.75) is 32.1 Å². The summed E-state index contributed by atoms with van der Waals surface area (Å²) in [5, 5.41) is 21.0. The van der Waals surface area contributed by atoms with E-state index in [1.807, 2.05) is 4.81 Å². The average molecular weight is 267 g/mol. The van der Waals surface area contributed by atoms with Crippen LogP contribution in [0.15, 0.2) is 0 Å². The van der Waals surface area contributed by atoms with Gasteiger partial charge in [-0.2, -0.15) is 0 Å². The van der Waals surface area contributed by atoms with Crippen molar-refractivity contribution in [2.24, 2.45) is 0 Å². The van der Waals surface area contributed by atoms with Crippen molar-refractivity contribution in [2.75, 3.05) is 20.2 Å². The molecule has 1 aliphatic rings. The number of tetrazole rings is 1. The molecule has 2 rings (SSSR count). The molecule has 1 fully saturated rings. The molecule has 1 aliphatic heterocycles. The highest BCUT2D eigenvalue weighted by molar-refractivity contribution is 6.45. The normalized spacial score (nSPS) is 17.4. The van der Waals surface area contributed by atoms with Gasteiger partial charge < -0.3 is 14.6 Å². The first kappa shape index (κ1) is 13.9. The van der Waals surface area contributed by atoms with E-state index in [0.717, 1.165) is 31.8 Å². The molecule has 104 valence electrons. The Hall–Kier alpha value is -1.48. The summed E-state index contributed by atoms with van der Waals surface area (Å²) in [6, 6.07) is 0. The van der Waals surface area contributed by atoms with Crippen molar-refractivity contribution in [3.05, 3.63) is 5.82 Å². The summed E-state index contributed by atoms with van der Waals surface area (Å²) in [4.78, 5) is 13.3. The molecule has 19 heavy (non-hydrogen) atoms. The smallest absolute Gasteiger partial charge is 0.376 e. The molecule has 1 aromatic rings. The van der Waals surface area contributed by atoms with Crippen LogP contribution in [0.1, 0.15) is 24.6 Å². The van der Waals surface area contributed by atoms with Gasteiger partial charge in [-0.3, -0.25) is 4.79 Å². The molecule has 1 aromatic heterocycles. The molecule has 2 heterocycles. The lowest BCUT2D eigenvalue weighted by Gasteiger charge is -2.31. The van der Waals surface area contributed by atoms with Gasteiger partial charge in [-0.25, -0.2) is 4.68 Å². The van der Waals surface area contributed by atoms with Crippen LogP contribution in [0.2, 0.25) is 6.82 Å². The second-order valence-corrected chi connectivity index (χ2v) is 4.71. The Morgan fingerprint density at radius 2 is 2.21 bits per heavy atom. The molecule has 0 saturated carbocycles. The maximum atomic E-state index is 11.3. The highest BCUT2D eigenvalue weighted by Crippen LogP contribution is 2.26. The SMILES string of the molecule is COC(=O)Cn1nnnc1C1CCN(B(C)O)CC1. The molecule has 1 saturated heterocycles. The van der Waals surface area contributed by atoms with Crippen LogP contribution in [0.3, 0.4) is 0 Å². The lowest BCUT2D eigenvalue weighted by atomic mass is 9.81. The van der Waals surface area contributed by atoms with Crippen LogP contribution in [-0.4, -0.2) is 63.3 Å². The van der Waals surface area contributed by atoms with Crippen molar-refractivity contribution in [3.8, 4) is 0 Å². The average Bonchev–Trinajstić information content (AvgIpc) is 2.86. The Morgan fingerprint density at radius 1 is 1.53 bits per heavy atom. The number of hydrogen-bond donors (Lipinski definition) is 1. The lowest BCUT2D eigenvalue weighted by molar-refractivity contribution is -0.141. The molecule has 1 N–H and O–H groups in total. The minimum absolute atomic E-state index is 0.0372. The van der Waals surface area contributed by atoms with Gasteiger partial charge in [-0.1, -0.05) is 0 Å². The van der Waals surface area contributed by atoms with Gasteiger partial charge in [-0.05, 0) is 43.2 Å². The van der Waals surface area contributed by atoms with E-state index < -0.39 is 7.05 Å². The summed E-state index contributed by atoms with van der Waals surface area (Å²) < 4.78 is 6.11. The standard InChI is InChI=1S/C10H18BN5O3/c1-11(18)15-5-3-8(4-6-15)10-12-13-14-16(10)7-9(17)19-2/h8,18H,3-7H2,1-2H3. The topological polar surface area (TPSA) is 93.4 Å². The van der Waals surface area contributed by atoms with Crippen LogP contribution in [-0.2, 0) is 16.1 Å². The molecule has 8 nitrogen and oxygen atoms in total. The molecule has 0 unspecified atom stereocenters. The second-order valence-electron chi connectivity index (χ2n) is 4.71. The lowest BCUT2D eigenvalue weighted by Crippen LogP contribution is -2.42. The number of carbonyl (C=O) groups excluding carboxylic acids is 1. The first-order chi connectivity index (χ1) is 9.11. The van der Waals surface area contributed by atoms with E-state index >= 15 is 0 Å². The third-order valence-corrected chi connectivity index (χ3v) is 3.49. The van der Waals surface area contributed by atoms with E-state index in [0.29, 0.717) is 0 Å². The molecule has 9 heteroatoms. The van der Waals surface area contributed by atoms with E-state index in [1.54, 1.807) is 6.82 Å².